The summed E-state index contributed by atoms with van der Waals surface area (Å²) in [7, 11) is 0. The lowest BCUT2D eigenvalue weighted by atomic mass is 9.70. The second-order valence-corrected chi connectivity index (χ2v) is 6.59. The third-order valence-electron chi connectivity index (χ3n) is 5.41. The van der Waals surface area contributed by atoms with E-state index in [2.05, 4.69) is 38.3 Å². The molecule has 0 aromatic heterocycles. The maximum atomic E-state index is 9.03. The Balaban J connectivity index is 2.18. The van der Waals surface area contributed by atoms with E-state index in [0.717, 1.165) is 32.1 Å². The van der Waals surface area contributed by atoms with E-state index < -0.39 is 0 Å². The standard InChI is InChI=1S/C20H27N/c1-5-16(3)20(12-6-7-17(20)4)13-18-8-10-19(11-9-18)15(2)14-21/h8,10,15H,3-7,9,11-13H2,1-2H3. The molecule has 0 heterocycles. The van der Waals surface area contributed by atoms with E-state index in [0.29, 0.717) is 0 Å². The predicted octanol–water partition coefficient (Wildman–Crippen LogP) is 5.88. The highest BCUT2D eigenvalue weighted by atomic mass is 14.4. The summed E-state index contributed by atoms with van der Waals surface area (Å²) in [5.41, 5.74) is 5.66. The lowest BCUT2D eigenvalue weighted by molar-refractivity contribution is 0.421. The molecule has 0 N–H and O–H groups in total. The first-order chi connectivity index (χ1) is 10.0. The SMILES string of the molecule is C=C(CC)C1(CC2=CC=C(C(C)C#N)CC2)CCCC1=C. The number of nitriles is 1. The van der Waals surface area contributed by atoms with Crippen LogP contribution in [0.2, 0.25) is 0 Å². The van der Waals surface area contributed by atoms with Gasteiger partial charge in [-0.1, -0.05) is 54.5 Å². The highest BCUT2D eigenvalue weighted by Gasteiger charge is 2.39. The largest absolute Gasteiger partial charge is 0.198 e. The highest BCUT2D eigenvalue weighted by Crippen LogP contribution is 2.52. The van der Waals surface area contributed by atoms with Crippen molar-refractivity contribution in [2.45, 2.75) is 58.8 Å². The van der Waals surface area contributed by atoms with Crippen molar-refractivity contribution in [1.29, 1.82) is 5.26 Å². The van der Waals surface area contributed by atoms with E-state index in [-0.39, 0.29) is 11.3 Å². The molecule has 1 saturated carbocycles. The molecule has 21 heavy (non-hydrogen) atoms. The molecule has 0 spiro atoms. The number of allylic oxidation sites excluding steroid dienone is 6. The van der Waals surface area contributed by atoms with Crippen molar-refractivity contribution in [1.82, 2.24) is 0 Å². The van der Waals surface area contributed by atoms with Crippen LogP contribution in [0.15, 0.2) is 47.6 Å². The Morgan fingerprint density at radius 2 is 2.14 bits per heavy atom. The second-order valence-electron chi connectivity index (χ2n) is 6.59. The second kappa shape index (κ2) is 6.48. The Labute approximate surface area is 129 Å². The van der Waals surface area contributed by atoms with Crippen molar-refractivity contribution in [3.8, 4) is 6.07 Å². The first-order valence-corrected chi connectivity index (χ1v) is 8.18. The minimum Gasteiger partial charge on any atom is -0.198 e. The third-order valence-corrected chi connectivity index (χ3v) is 5.41. The van der Waals surface area contributed by atoms with E-state index in [4.69, 9.17) is 5.26 Å². The molecule has 2 aliphatic carbocycles. The van der Waals surface area contributed by atoms with Gasteiger partial charge in [0.15, 0.2) is 0 Å². The quantitative estimate of drug-likeness (QED) is 0.578. The van der Waals surface area contributed by atoms with Crippen LogP contribution in [0.25, 0.3) is 0 Å². The lowest BCUT2D eigenvalue weighted by Crippen LogP contribution is -2.22. The van der Waals surface area contributed by atoms with Gasteiger partial charge in [-0.15, -0.1) is 0 Å². The minimum absolute atomic E-state index is 0.0452. The van der Waals surface area contributed by atoms with E-state index in [1.807, 2.05) is 6.92 Å². The monoisotopic (exact) mass is 281 g/mol. The summed E-state index contributed by atoms with van der Waals surface area (Å²) in [5, 5.41) is 9.03. The molecule has 0 aliphatic heterocycles. The summed E-state index contributed by atoms with van der Waals surface area (Å²) in [5.74, 6) is 0.0452. The predicted molar refractivity (Wildman–Crippen MR) is 89.6 cm³/mol. The van der Waals surface area contributed by atoms with Crippen molar-refractivity contribution in [2.75, 3.05) is 0 Å². The highest BCUT2D eigenvalue weighted by molar-refractivity contribution is 5.35. The van der Waals surface area contributed by atoms with Gasteiger partial charge in [0, 0.05) is 5.41 Å². The van der Waals surface area contributed by atoms with Crippen LogP contribution in [-0.4, -0.2) is 0 Å². The summed E-state index contributed by atoms with van der Waals surface area (Å²) in [6.07, 6.45) is 12.3. The van der Waals surface area contributed by atoms with Gasteiger partial charge in [-0.05, 0) is 51.9 Å². The molecule has 112 valence electrons. The fourth-order valence-corrected chi connectivity index (χ4v) is 3.80. The molecule has 2 unspecified atom stereocenters. The van der Waals surface area contributed by atoms with E-state index in [1.165, 1.54) is 35.1 Å². The van der Waals surface area contributed by atoms with Crippen molar-refractivity contribution >= 4 is 0 Å². The summed E-state index contributed by atoms with van der Waals surface area (Å²) < 4.78 is 0. The number of nitrogens with zero attached hydrogens (tertiary/aromatic N) is 1. The Kier molecular flexibility index (Phi) is 4.88. The maximum Gasteiger partial charge on any atom is 0.0697 e. The van der Waals surface area contributed by atoms with Crippen molar-refractivity contribution < 1.29 is 0 Å². The van der Waals surface area contributed by atoms with E-state index >= 15 is 0 Å². The zero-order chi connectivity index (χ0) is 15.5. The Hall–Kier alpha value is -1.55. The van der Waals surface area contributed by atoms with Crippen LogP contribution < -0.4 is 0 Å². The topological polar surface area (TPSA) is 23.8 Å². The zero-order valence-electron chi connectivity index (χ0n) is 13.5. The fourth-order valence-electron chi connectivity index (χ4n) is 3.80. The molecule has 0 saturated heterocycles. The van der Waals surface area contributed by atoms with Crippen LogP contribution in [0, 0.1) is 22.7 Å². The van der Waals surface area contributed by atoms with Crippen molar-refractivity contribution in [2.24, 2.45) is 11.3 Å². The normalized spacial score (nSPS) is 26.8. The minimum atomic E-state index is 0.0452. The van der Waals surface area contributed by atoms with Crippen LogP contribution in [0.5, 0.6) is 0 Å². The number of hydrogen-bond acceptors (Lipinski definition) is 1. The molecule has 1 heteroatoms. The molecule has 0 bridgehead atoms. The van der Waals surface area contributed by atoms with E-state index in [9.17, 15) is 0 Å². The first-order valence-electron chi connectivity index (χ1n) is 8.18. The Morgan fingerprint density at radius 3 is 2.62 bits per heavy atom. The van der Waals surface area contributed by atoms with Crippen LogP contribution in [0.4, 0.5) is 0 Å². The van der Waals surface area contributed by atoms with Crippen LogP contribution in [0.1, 0.15) is 58.8 Å². The van der Waals surface area contributed by atoms with Crippen molar-refractivity contribution in [3.05, 3.63) is 47.6 Å². The summed E-state index contributed by atoms with van der Waals surface area (Å²) in [6, 6.07) is 2.34. The van der Waals surface area contributed by atoms with Gasteiger partial charge in [-0.25, -0.2) is 0 Å². The molecular formula is C20H27N. The van der Waals surface area contributed by atoms with E-state index in [1.54, 1.807) is 0 Å². The molecule has 1 nitrogen and oxygen atoms in total. The van der Waals surface area contributed by atoms with Gasteiger partial charge in [0.05, 0.1) is 12.0 Å². The number of rotatable bonds is 5. The number of hydrogen-bond donors (Lipinski definition) is 0. The average Bonchev–Trinajstić information content (AvgIpc) is 2.88. The molecule has 2 atom stereocenters. The summed E-state index contributed by atoms with van der Waals surface area (Å²) >= 11 is 0. The van der Waals surface area contributed by atoms with Gasteiger partial charge >= 0.3 is 0 Å². The van der Waals surface area contributed by atoms with Gasteiger partial charge in [-0.3, -0.25) is 0 Å². The summed E-state index contributed by atoms with van der Waals surface area (Å²) in [6.45, 7) is 12.9. The molecule has 0 aromatic carbocycles. The molecular weight excluding hydrogens is 254 g/mol. The molecule has 0 radical (unpaired) electrons. The van der Waals surface area contributed by atoms with Gasteiger partial charge < -0.3 is 0 Å². The molecule has 0 aromatic rings. The smallest absolute Gasteiger partial charge is 0.0697 e. The molecule has 2 aliphatic rings. The fraction of sp³-hybridized carbons (Fsp3) is 0.550. The van der Waals surface area contributed by atoms with Gasteiger partial charge in [0.1, 0.15) is 0 Å². The van der Waals surface area contributed by atoms with Crippen LogP contribution in [0.3, 0.4) is 0 Å². The first kappa shape index (κ1) is 15.8. The van der Waals surface area contributed by atoms with Crippen LogP contribution in [-0.2, 0) is 0 Å². The van der Waals surface area contributed by atoms with Gasteiger partial charge in [0.2, 0.25) is 0 Å². The van der Waals surface area contributed by atoms with Gasteiger partial charge in [0.25, 0.3) is 0 Å². The Morgan fingerprint density at radius 1 is 1.38 bits per heavy atom. The zero-order valence-corrected chi connectivity index (χ0v) is 13.5. The lowest BCUT2D eigenvalue weighted by Gasteiger charge is -2.34. The third kappa shape index (κ3) is 3.05. The van der Waals surface area contributed by atoms with Gasteiger partial charge in [-0.2, -0.15) is 5.26 Å². The van der Waals surface area contributed by atoms with Crippen molar-refractivity contribution in [3.63, 3.8) is 0 Å². The van der Waals surface area contributed by atoms with Crippen LogP contribution >= 0.6 is 0 Å². The maximum absolute atomic E-state index is 9.03. The average molecular weight is 281 g/mol. The molecule has 1 fully saturated rings. The molecule has 2 rings (SSSR count). The Bertz CT molecular complexity index is 541. The summed E-state index contributed by atoms with van der Waals surface area (Å²) in [4.78, 5) is 0. The molecule has 0 amide bonds.